The van der Waals surface area contributed by atoms with Gasteiger partial charge in [0.1, 0.15) is 11.6 Å². The number of rotatable bonds is 6. The zero-order chi connectivity index (χ0) is 20.9. The normalized spacial score (nSPS) is 14.8. The minimum atomic E-state index is -0.0444. The number of aryl methyl sites for hydroxylation is 1. The molecule has 1 N–H and O–H groups in total. The van der Waals surface area contributed by atoms with Crippen molar-refractivity contribution in [1.29, 1.82) is 0 Å². The smallest absolute Gasteiger partial charge is 0.251 e. The van der Waals surface area contributed by atoms with Crippen LogP contribution in [-0.4, -0.2) is 47.4 Å². The Kier molecular flexibility index (Phi) is 6.40. The fourth-order valence-corrected chi connectivity index (χ4v) is 4.57. The molecule has 1 saturated heterocycles. The van der Waals surface area contributed by atoms with E-state index in [2.05, 4.69) is 10.3 Å². The van der Waals surface area contributed by atoms with Crippen LogP contribution in [0.5, 0.6) is 0 Å². The minimum absolute atomic E-state index is 0.0141. The first kappa shape index (κ1) is 20.5. The summed E-state index contributed by atoms with van der Waals surface area (Å²) in [6.07, 6.45) is 1.50. The Morgan fingerprint density at radius 1 is 1.13 bits per heavy atom. The highest BCUT2D eigenvalue weighted by molar-refractivity contribution is 7.18. The molecule has 0 aliphatic carbocycles. The van der Waals surface area contributed by atoms with Gasteiger partial charge < -0.3 is 15.0 Å². The summed E-state index contributed by atoms with van der Waals surface area (Å²) in [6.45, 7) is 3.58. The average Bonchev–Trinajstić information content (AvgIpc) is 3.17. The second-order valence-corrected chi connectivity index (χ2v) is 8.63. The molecule has 3 aromatic rings. The first-order chi connectivity index (χ1) is 14.6. The molecule has 0 bridgehead atoms. The Bertz CT molecular complexity index is 1010. The number of aromatic nitrogens is 1. The number of carbonyl (C=O) groups is 2. The molecule has 1 aliphatic rings. The van der Waals surface area contributed by atoms with Crippen molar-refractivity contribution in [3.63, 3.8) is 0 Å². The van der Waals surface area contributed by atoms with Crippen LogP contribution in [0.3, 0.4) is 0 Å². The summed E-state index contributed by atoms with van der Waals surface area (Å²) >= 11 is 1.59. The molecule has 1 aromatic heterocycles. The number of ether oxygens (including phenoxy) is 1. The van der Waals surface area contributed by atoms with Gasteiger partial charge in [0.25, 0.3) is 5.91 Å². The molecule has 2 amide bonds. The topological polar surface area (TPSA) is 71.5 Å². The van der Waals surface area contributed by atoms with Gasteiger partial charge in [-0.1, -0.05) is 30.3 Å². The average molecular weight is 424 g/mol. The summed E-state index contributed by atoms with van der Waals surface area (Å²) in [5.41, 5.74) is 2.63. The van der Waals surface area contributed by atoms with Crippen LogP contribution in [0.1, 0.15) is 33.8 Å². The van der Waals surface area contributed by atoms with E-state index in [0.717, 1.165) is 33.6 Å². The van der Waals surface area contributed by atoms with E-state index in [0.29, 0.717) is 25.3 Å². The molecule has 7 heteroatoms. The number of nitrogens with one attached hydrogen (secondary N) is 1. The van der Waals surface area contributed by atoms with E-state index < -0.39 is 0 Å². The van der Waals surface area contributed by atoms with E-state index in [9.17, 15) is 9.59 Å². The molecule has 156 valence electrons. The highest BCUT2D eigenvalue weighted by Crippen LogP contribution is 2.22. The summed E-state index contributed by atoms with van der Waals surface area (Å²) in [7, 11) is 0. The summed E-state index contributed by atoms with van der Waals surface area (Å²) in [6, 6.07) is 15.6. The number of likely N-dealkylation sites (tertiary alicyclic amines) is 1. The molecule has 30 heavy (non-hydrogen) atoms. The molecular weight excluding hydrogens is 398 g/mol. The molecule has 1 fully saturated rings. The Morgan fingerprint density at radius 2 is 1.87 bits per heavy atom. The molecule has 2 aromatic carbocycles. The molecule has 4 rings (SSSR count). The molecular formula is C23H25N3O3S. The quantitative estimate of drug-likeness (QED) is 0.658. The second kappa shape index (κ2) is 9.36. The van der Waals surface area contributed by atoms with Gasteiger partial charge in [-0.05, 0) is 43.5 Å². The molecule has 2 heterocycles. The van der Waals surface area contributed by atoms with E-state index in [4.69, 9.17) is 4.74 Å². The van der Waals surface area contributed by atoms with Crippen LogP contribution in [0, 0.1) is 6.92 Å². The van der Waals surface area contributed by atoms with E-state index >= 15 is 0 Å². The number of hydrogen-bond acceptors (Lipinski definition) is 5. The van der Waals surface area contributed by atoms with Crippen molar-refractivity contribution < 1.29 is 14.3 Å². The molecule has 0 radical (unpaired) electrons. The number of piperidine rings is 1. The minimum Gasteiger partial charge on any atom is -0.364 e. The van der Waals surface area contributed by atoms with Crippen molar-refractivity contribution in [3.8, 4) is 0 Å². The Labute approximate surface area is 179 Å². The number of nitrogens with zero attached hydrogens (tertiary/aromatic N) is 2. The largest absolute Gasteiger partial charge is 0.364 e. The molecule has 0 saturated carbocycles. The monoisotopic (exact) mass is 423 g/mol. The fourth-order valence-electron chi connectivity index (χ4n) is 3.66. The van der Waals surface area contributed by atoms with E-state index in [1.54, 1.807) is 11.3 Å². The van der Waals surface area contributed by atoms with Crippen LogP contribution < -0.4 is 5.32 Å². The number of para-hydroxylation sites is 1. The third-order valence-corrected chi connectivity index (χ3v) is 6.37. The van der Waals surface area contributed by atoms with Gasteiger partial charge in [0.15, 0.2) is 0 Å². The highest BCUT2D eigenvalue weighted by atomic mass is 32.1. The van der Waals surface area contributed by atoms with Crippen LogP contribution in [-0.2, 0) is 16.1 Å². The Morgan fingerprint density at radius 3 is 2.63 bits per heavy atom. The Balaban J connectivity index is 1.20. The van der Waals surface area contributed by atoms with Crippen LogP contribution in [0.25, 0.3) is 10.2 Å². The summed E-state index contributed by atoms with van der Waals surface area (Å²) in [5.74, 6) is -0.0585. The standard InChI is InChI=1S/C23H25N3O3S/c1-16-6-2-3-7-18(16)23(28)24-17-10-12-26(13-11-17)22(27)15-29-14-21-25-19-8-4-5-9-20(19)30-21/h2-9,17H,10-15H2,1H3,(H,24,28). The van der Waals surface area contributed by atoms with Gasteiger partial charge in [-0.2, -0.15) is 0 Å². The number of amides is 2. The van der Waals surface area contributed by atoms with Crippen molar-refractivity contribution in [2.45, 2.75) is 32.4 Å². The lowest BCUT2D eigenvalue weighted by atomic mass is 10.0. The lowest BCUT2D eigenvalue weighted by Gasteiger charge is -2.32. The first-order valence-corrected chi connectivity index (χ1v) is 11.0. The van der Waals surface area contributed by atoms with Gasteiger partial charge in [0, 0.05) is 24.7 Å². The van der Waals surface area contributed by atoms with Crippen molar-refractivity contribution >= 4 is 33.4 Å². The van der Waals surface area contributed by atoms with Gasteiger partial charge in [-0.3, -0.25) is 9.59 Å². The summed E-state index contributed by atoms with van der Waals surface area (Å²) in [5, 5.41) is 3.97. The van der Waals surface area contributed by atoms with Crippen molar-refractivity contribution in [2.75, 3.05) is 19.7 Å². The van der Waals surface area contributed by atoms with Gasteiger partial charge in [0.2, 0.25) is 5.91 Å². The fraction of sp³-hybridized carbons (Fsp3) is 0.348. The maximum atomic E-state index is 12.5. The van der Waals surface area contributed by atoms with Gasteiger partial charge in [0.05, 0.1) is 16.8 Å². The van der Waals surface area contributed by atoms with E-state index in [1.807, 2.05) is 60.4 Å². The van der Waals surface area contributed by atoms with Crippen LogP contribution in [0.2, 0.25) is 0 Å². The van der Waals surface area contributed by atoms with Crippen molar-refractivity contribution in [2.24, 2.45) is 0 Å². The third-order valence-electron chi connectivity index (χ3n) is 5.36. The number of benzene rings is 2. The molecule has 1 aliphatic heterocycles. The third kappa shape index (κ3) is 4.86. The predicted octanol–water partition coefficient (Wildman–Crippen LogP) is 3.54. The number of thiazole rings is 1. The highest BCUT2D eigenvalue weighted by Gasteiger charge is 2.24. The Hall–Kier alpha value is -2.77. The van der Waals surface area contributed by atoms with Crippen LogP contribution >= 0.6 is 11.3 Å². The second-order valence-electron chi connectivity index (χ2n) is 7.51. The lowest BCUT2D eigenvalue weighted by Crippen LogP contribution is -2.47. The molecule has 0 unspecified atom stereocenters. The van der Waals surface area contributed by atoms with Crippen molar-refractivity contribution in [3.05, 3.63) is 64.7 Å². The van der Waals surface area contributed by atoms with E-state index in [1.165, 1.54) is 0 Å². The van der Waals surface area contributed by atoms with Crippen molar-refractivity contribution in [1.82, 2.24) is 15.2 Å². The molecule has 0 atom stereocenters. The lowest BCUT2D eigenvalue weighted by molar-refractivity contribution is -0.137. The SMILES string of the molecule is Cc1ccccc1C(=O)NC1CCN(C(=O)COCc2nc3ccccc3s2)CC1. The first-order valence-electron chi connectivity index (χ1n) is 10.2. The maximum absolute atomic E-state index is 12.5. The van der Waals surface area contributed by atoms with Gasteiger partial charge in [-0.15, -0.1) is 11.3 Å². The zero-order valence-corrected chi connectivity index (χ0v) is 17.8. The molecule has 6 nitrogen and oxygen atoms in total. The van der Waals surface area contributed by atoms with Crippen LogP contribution in [0.15, 0.2) is 48.5 Å². The van der Waals surface area contributed by atoms with Crippen LogP contribution in [0.4, 0.5) is 0 Å². The summed E-state index contributed by atoms with van der Waals surface area (Å²) in [4.78, 5) is 31.3. The molecule has 0 spiro atoms. The number of carbonyl (C=O) groups excluding carboxylic acids is 2. The maximum Gasteiger partial charge on any atom is 0.251 e. The van der Waals surface area contributed by atoms with E-state index in [-0.39, 0.29) is 24.5 Å². The predicted molar refractivity (Wildman–Crippen MR) is 118 cm³/mol. The van der Waals surface area contributed by atoms with Gasteiger partial charge in [-0.25, -0.2) is 4.98 Å². The number of fused-ring (bicyclic) bond motifs is 1. The van der Waals surface area contributed by atoms with Gasteiger partial charge >= 0.3 is 0 Å². The summed E-state index contributed by atoms with van der Waals surface area (Å²) < 4.78 is 6.74. The zero-order valence-electron chi connectivity index (χ0n) is 17.0. The number of hydrogen-bond donors (Lipinski definition) is 1.